The van der Waals surface area contributed by atoms with Crippen LogP contribution in [0.15, 0.2) is 58.4 Å². The molecule has 1 amide bonds. The quantitative estimate of drug-likeness (QED) is 0.481. The third-order valence-electron chi connectivity index (χ3n) is 3.77. The Balaban J connectivity index is 1.69. The van der Waals surface area contributed by atoms with Gasteiger partial charge in [-0.1, -0.05) is 45.8 Å². The van der Waals surface area contributed by atoms with E-state index in [2.05, 4.69) is 26.2 Å². The molecule has 2 aromatic carbocycles. The predicted octanol–water partition coefficient (Wildman–Crippen LogP) is 5.93. The number of rotatable bonds is 6. The second-order valence-electron chi connectivity index (χ2n) is 5.84. The van der Waals surface area contributed by atoms with Crippen LogP contribution in [0, 0.1) is 6.92 Å². The van der Waals surface area contributed by atoms with Crippen LogP contribution in [-0.4, -0.2) is 17.5 Å². The van der Waals surface area contributed by atoms with Crippen LogP contribution >= 0.6 is 27.3 Å². The maximum atomic E-state index is 12.2. The van der Waals surface area contributed by atoms with E-state index < -0.39 is 0 Å². The number of halogens is 1. The van der Waals surface area contributed by atoms with Crippen LogP contribution in [-0.2, 0) is 4.79 Å². The summed E-state index contributed by atoms with van der Waals surface area (Å²) in [6.45, 7) is 4.54. The number of anilines is 1. The zero-order chi connectivity index (χ0) is 19.2. The molecule has 6 heteroatoms. The lowest BCUT2D eigenvalue weighted by Crippen LogP contribution is -2.07. The number of carbonyl (C=O) groups is 1. The first-order valence-electron chi connectivity index (χ1n) is 8.49. The van der Waals surface area contributed by atoms with Crippen LogP contribution in [0.1, 0.15) is 18.1 Å². The van der Waals surface area contributed by atoms with Crippen LogP contribution in [0.2, 0.25) is 0 Å². The smallest absolute Gasteiger partial charge is 0.250 e. The topological polar surface area (TPSA) is 51.2 Å². The van der Waals surface area contributed by atoms with E-state index in [1.165, 1.54) is 23.0 Å². The Bertz CT molecular complexity index is 965. The van der Waals surface area contributed by atoms with Gasteiger partial charge in [0, 0.05) is 27.1 Å². The van der Waals surface area contributed by atoms with Gasteiger partial charge in [0.1, 0.15) is 5.75 Å². The summed E-state index contributed by atoms with van der Waals surface area (Å²) in [5.74, 6) is 0.503. The standard InChI is InChI=1S/C21H19BrN2O2S/c1-3-26-19-10-9-17(22)12-16(19)8-11-20(25)24-21-23-18(13-27-21)15-6-4-14(2)5-7-15/h4-13H,3H2,1-2H3,(H,23,24,25). The van der Waals surface area contributed by atoms with E-state index in [1.54, 1.807) is 6.08 Å². The Morgan fingerprint density at radius 1 is 1.26 bits per heavy atom. The summed E-state index contributed by atoms with van der Waals surface area (Å²) in [7, 11) is 0. The van der Waals surface area contributed by atoms with Crippen LogP contribution < -0.4 is 10.1 Å². The lowest BCUT2D eigenvalue weighted by Gasteiger charge is -2.07. The zero-order valence-corrected chi connectivity index (χ0v) is 17.4. The molecule has 0 aliphatic carbocycles. The molecule has 1 N–H and O–H groups in total. The minimum atomic E-state index is -0.234. The number of thiazole rings is 1. The molecular weight excluding hydrogens is 424 g/mol. The van der Waals surface area contributed by atoms with Crippen molar-refractivity contribution in [3.63, 3.8) is 0 Å². The maximum absolute atomic E-state index is 12.2. The zero-order valence-electron chi connectivity index (χ0n) is 15.0. The average molecular weight is 443 g/mol. The van der Waals surface area contributed by atoms with Crippen molar-refractivity contribution in [1.29, 1.82) is 0 Å². The summed E-state index contributed by atoms with van der Waals surface area (Å²) < 4.78 is 6.51. The van der Waals surface area contributed by atoms with Gasteiger partial charge in [-0.15, -0.1) is 11.3 Å². The third-order valence-corrected chi connectivity index (χ3v) is 5.02. The van der Waals surface area contributed by atoms with Gasteiger partial charge in [-0.05, 0) is 38.1 Å². The van der Waals surface area contributed by atoms with E-state index in [0.29, 0.717) is 11.7 Å². The number of hydrogen-bond acceptors (Lipinski definition) is 4. The molecule has 0 spiro atoms. The highest BCUT2D eigenvalue weighted by molar-refractivity contribution is 9.10. The maximum Gasteiger partial charge on any atom is 0.250 e. The van der Waals surface area contributed by atoms with Gasteiger partial charge in [0.25, 0.3) is 0 Å². The fourth-order valence-corrected chi connectivity index (χ4v) is 3.54. The molecule has 0 fully saturated rings. The molecule has 3 rings (SSSR count). The molecule has 0 unspecified atom stereocenters. The van der Waals surface area contributed by atoms with Crippen LogP contribution in [0.5, 0.6) is 5.75 Å². The number of aryl methyl sites for hydroxylation is 1. The van der Waals surface area contributed by atoms with Gasteiger partial charge in [0.2, 0.25) is 5.91 Å². The normalized spacial score (nSPS) is 10.9. The molecule has 0 saturated carbocycles. The molecule has 0 bridgehead atoms. The molecular formula is C21H19BrN2O2S. The van der Waals surface area contributed by atoms with Crippen LogP contribution in [0.25, 0.3) is 17.3 Å². The average Bonchev–Trinajstić information content (AvgIpc) is 3.11. The predicted molar refractivity (Wildman–Crippen MR) is 115 cm³/mol. The number of nitrogens with one attached hydrogen (secondary N) is 1. The Morgan fingerprint density at radius 3 is 2.78 bits per heavy atom. The van der Waals surface area contributed by atoms with Crippen LogP contribution in [0.4, 0.5) is 5.13 Å². The van der Waals surface area contributed by atoms with Gasteiger partial charge in [-0.2, -0.15) is 0 Å². The molecule has 0 atom stereocenters. The second-order valence-corrected chi connectivity index (χ2v) is 7.62. The Labute approximate surface area is 171 Å². The number of benzene rings is 2. The largest absolute Gasteiger partial charge is 0.493 e. The molecule has 1 heterocycles. The molecule has 0 radical (unpaired) electrons. The van der Waals surface area contributed by atoms with Crippen molar-refractivity contribution in [2.45, 2.75) is 13.8 Å². The van der Waals surface area contributed by atoms with E-state index >= 15 is 0 Å². The lowest BCUT2D eigenvalue weighted by atomic mass is 10.1. The molecule has 4 nitrogen and oxygen atoms in total. The molecule has 0 aliphatic rings. The summed E-state index contributed by atoms with van der Waals surface area (Å²) in [6, 6.07) is 13.8. The number of carbonyl (C=O) groups excluding carboxylic acids is 1. The van der Waals surface area contributed by atoms with Crippen molar-refractivity contribution < 1.29 is 9.53 Å². The molecule has 3 aromatic rings. The highest BCUT2D eigenvalue weighted by Crippen LogP contribution is 2.26. The molecule has 138 valence electrons. The summed E-state index contributed by atoms with van der Waals surface area (Å²) in [4.78, 5) is 16.7. The van der Waals surface area contributed by atoms with Gasteiger partial charge in [-0.25, -0.2) is 4.98 Å². The van der Waals surface area contributed by atoms with E-state index in [9.17, 15) is 4.79 Å². The van der Waals surface area contributed by atoms with Gasteiger partial charge in [-0.3, -0.25) is 10.1 Å². The highest BCUT2D eigenvalue weighted by Gasteiger charge is 2.07. The summed E-state index contributed by atoms with van der Waals surface area (Å²) in [5, 5.41) is 5.31. The van der Waals surface area contributed by atoms with Crippen molar-refractivity contribution in [2.75, 3.05) is 11.9 Å². The SMILES string of the molecule is CCOc1ccc(Br)cc1C=CC(=O)Nc1nc(-c2ccc(C)cc2)cs1. The lowest BCUT2D eigenvalue weighted by molar-refractivity contribution is -0.111. The van der Waals surface area contributed by atoms with Crippen molar-refractivity contribution in [1.82, 2.24) is 4.98 Å². The number of amides is 1. The number of nitrogens with zero attached hydrogens (tertiary/aromatic N) is 1. The highest BCUT2D eigenvalue weighted by atomic mass is 79.9. The van der Waals surface area contributed by atoms with E-state index in [-0.39, 0.29) is 5.91 Å². The number of ether oxygens (including phenoxy) is 1. The minimum absolute atomic E-state index is 0.234. The monoisotopic (exact) mass is 442 g/mol. The molecule has 27 heavy (non-hydrogen) atoms. The van der Waals surface area contributed by atoms with Crippen molar-refractivity contribution in [2.24, 2.45) is 0 Å². The molecule has 0 aliphatic heterocycles. The van der Waals surface area contributed by atoms with E-state index in [0.717, 1.165) is 27.0 Å². The summed E-state index contributed by atoms with van der Waals surface area (Å²) in [6.07, 6.45) is 3.22. The summed E-state index contributed by atoms with van der Waals surface area (Å²) in [5.41, 5.74) is 3.92. The first-order chi connectivity index (χ1) is 13.0. The first-order valence-corrected chi connectivity index (χ1v) is 10.2. The second kappa shape index (κ2) is 8.97. The third kappa shape index (κ3) is 5.28. The van der Waals surface area contributed by atoms with Crippen molar-refractivity contribution >= 4 is 44.4 Å². The Morgan fingerprint density at radius 2 is 2.04 bits per heavy atom. The Kier molecular flexibility index (Phi) is 6.42. The van der Waals surface area contributed by atoms with Gasteiger partial charge in [0.15, 0.2) is 5.13 Å². The van der Waals surface area contributed by atoms with Gasteiger partial charge >= 0.3 is 0 Å². The minimum Gasteiger partial charge on any atom is -0.493 e. The molecule has 1 aromatic heterocycles. The fraction of sp³-hybridized carbons (Fsp3) is 0.143. The van der Waals surface area contributed by atoms with E-state index in [4.69, 9.17) is 4.74 Å². The first kappa shape index (κ1) is 19.3. The van der Waals surface area contributed by atoms with Gasteiger partial charge < -0.3 is 4.74 Å². The number of aromatic nitrogens is 1. The van der Waals surface area contributed by atoms with E-state index in [1.807, 2.05) is 61.7 Å². The number of hydrogen-bond donors (Lipinski definition) is 1. The van der Waals surface area contributed by atoms with Crippen molar-refractivity contribution in [3.8, 4) is 17.0 Å². The fourth-order valence-electron chi connectivity index (χ4n) is 2.44. The van der Waals surface area contributed by atoms with Crippen molar-refractivity contribution in [3.05, 3.63) is 69.5 Å². The summed E-state index contributed by atoms with van der Waals surface area (Å²) >= 11 is 4.84. The molecule has 0 saturated heterocycles. The Hall–Kier alpha value is -2.44. The van der Waals surface area contributed by atoms with Gasteiger partial charge in [0.05, 0.1) is 12.3 Å². The van der Waals surface area contributed by atoms with Crippen LogP contribution in [0.3, 0.4) is 0 Å².